The summed E-state index contributed by atoms with van der Waals surface area (Å²) in [6, 6.07) is 10.1. The fraction of sp³-hybridized carbons (Fsp3) is 0.0769. The Labute approximate surface area is 109 Å². The highest BCUT2D eigenvalue weighted by Gasteiger charge is 2.08. The van der Waals surface area contributed by atoms with Crippen LogP contribution in [-0.2, 0) is 6.54 Å². The summed E-state index contributed by atoms with van der Waals surface area (Å²) >= 11 is 0. The van der Waals surface area contributed by atoms with Crippen LogP contribution < -0.4 is 10.6 Å². The van der Waals surface area contributed by atoms with Crippen molar-refractivity contribution in [2.45, 2.75) is 6.54 Å². The maximum atomic E-state index is 11.7. The molecule has 0 spiro atoms. The van der Waals surface area contributed by atoms with Crippen LogP contribution in [0, 0.1) is 0 Å². The van der Waals surface area contributed by atoms with E-state index < -0.39 is 6.09 Å². The van der Waals surface area contributed by atoms with Gasteiger partial charge in [-0.3, -0.25) is 4.79 Å². The average molecular weight is 260 g/mol. The van der Waals surface area contributed by atoms with E-state index in [1.54, 1.807) is 36.4 Å². The number of rotatable bonds is 4. The maximum Gasteiger partial charge on any atom is 0.404 e. The molecule has 6 nitrogen and oxygen atoms in total. The van der Waals surface area contributed by atoms with E-state index in [0.29, 0.717) is 5.69 Å². The summed E-state index contributed by atoms with van der Waals surface area (Å²) in [5, 5.41) is 13.4. The molecule has 1 aromatic heterocycles. The Morgan fingerprint density at radius 1 is 1.16 bits per heavy atom. The minimum atomic E-state index is -1.07. The summed E-state index contributed by atoms with van der Waals surface area (Å²) in [6.07, 6.45) is 0.352. The van der Waals surface area contributed by atoms with E-state index in [4.69, 9.17) is 9.52 Å². The van der Waals surface area contributed by atoms with Gasteiger partial charge in [-0.05, 0) is 29.8 Å². The number of carbonyl (C=O) groups excluding carboxylic acids is 1. The third-order valence-electron chi connectivity index (χ3n) is 2.40. The van der Waals surface area contributed by atoms with Crippen molar-refractivity contribution in [1.82, 2.24) is 5.32 Å². The van der Waals surface area contributed by atoms with Crippen LogP contribution in [0.5, 0.6) is 0 Å². The lowest BCUT2D eigenvalue weighted by molar-refractivity contribution is 0.0996. The van der Waals surface area contributed by atoms with E-state index in [1.807, 2.05) is 0 Å². The van der Waals surface area contributed by atoms with Gasteiger partial charge in [0.05, 0.1) is 6.26 Å². The predicted octanol–water partition coefficient (Wildman–Crippen LogP) is 2.30. The van der Waals surface area contributed by atoms with Gasteiger partial charge in [-0.1, -0.05) is 12.1 Å². The van der Waals surface area contributed by atoms with Crippen LogP contribution in [0.4, 0.5) is 10.5 Å². The smallest absolute Gasteiger partial charge is 0.404 e. The van der Waals surface area contributed by atoms with E-state index in [-0.39, 0.29) is 18.2 Å². The lowest BCUT2D eigenvalue weighted by Gasteiger charge is -2.05. The van der Waals surface area contributed by atoms with Crippen molar-refractivity contribution >= 4 is 17.7 Å². The lowest BCUT2D eigenvalue weighted by atomic mass is 10.2. The van der Waals surface area contributed by atoms with Gasteiger partial charge in [0.25, 0.3) is 5.91 Å². The molecule has 0 atom stereocenters. The normalized spacial score (nSPS) is 9.89. The third-order valence-corrected chi connectivity index (χ3v) is 2.40. The van der Waals surface area contributed by atoms with E-state index in [9.17, 15) is 9.59 Å². The number of hydrogen-bond donors (Lipinski definition) is 3. The number of furan rings is 1. The summed E-state index contributed by atoms with van der Waals surface area (Å²) in [5.74, 6) is -0.0990. The van der Waals surface area contributed by atoms with Crippen molar-refractivity contribution in [1.29, 1.82) is 0 Å². The molecule has 1 heterocycles. The third kappa shape index (κ3) is 3.60. The number of hydrogen-bond acceptors (Lipinski definition) is 3. The van der Waals surface area contributed by atoms with Crippen molar-refractivity contribution < 1.29 is 19.1 Å². The molecule has 0 aliphatic heterocycles. The number of amides is 2. The molecule has 3 N–H and O–H groups in total. The van der Waals surface area contributed by atoms with Crippen LogP contribution in [0.1, 0.15) is 16.1 Å². The molecule has 2 aromatic rings. The first-order chi connectivity index (χ1) is 9.15. The Hall–Kier alpha value is -2.76. The largest absolute Gasteiger partial charge is 0.465 e. The Kier molecular flexibility index (Phi) is 3.82. The minimum Gasteiger partial charge on any atom is -0.465 e. The van der Waals surface area contributed by atoms with Crippen molar-refractivity contribution in [3.05, 3.63) is 54.0 Å². The predicted molar refractivity (Wildman–Crippen MR) is 68.0 cm³/mol. The van der Waals surface area contributed by atoms with Gasteiger partial charge in [0.2, 0.25) is 0 Å². The minimum absolute atomic E-state index is 0.224. The molecule has 2 amide bonds. The number of carbonyl (C=O) groups is 2. The molecule has 0 unspecified atom stereocenters. The fourth-order valence-corrected chi connectivity index (χ4v) is 1.48. The van der Waals surface area contributed by atoms with Crippen molar-refractivity contribution in [3.63, 3.8) is 0 Å². The zero-order valence-corrected chi connectivity index (χ0v) is 9.92. The summed E-state index contributed by atoms with van der Waals surface area (Å²) in [7, 11) is 0. The molecule has 0 bridgehead atoms. The van der Waals surface area contributed by atoms with Gasteiger partial charge in [0, 0.05) is 12.2 Å². The molecule has 0 aliphatic carbocycles. The molecule has 2 rings (SSSR count). The standard InChI is InChI=1S/C13H12N2O4/c16-12(11-2-1-7-19-11)15-10-5-3-9(4-6-10)8-14-13(17)18/h1-7,14H,8H2,(H,15,16)(H,17,18). The second-order valence-electron chi connectivity index (χ2n) is 3.79. The molecule has 98 valence electrons. The molecular weight excluding hydrogens is 248 g/mol. The van der Waals surface area contributed by atoms with Crippen LogP contribution in [0.15, 0.2) is 47.1 Å². The Morgan fingerprint density at radius 2 is 1.89 bits per heavy atom. The molecule has 1 aromatic carbocycles. The van der Waals surface area contributed by atoms with Gasteiger partial charge >= 0.3 is 6.09 Å². The summed E-state index contributed by atoms with van der Waals surface area (Å²) in [6.45, 7) is 0.224. The van der Waals surface area contributed by atoms with Crippen molar-refractivity contribution in [2.24, 2.45) is 0 Å². The first-order valence-corrected chi connectivity index (χ1v) is 5.56. The summed E-state index contributed by atoms with van der Waals surface area (Å²) < 4.78 is 4.97. The van der Waals surface area contributed by atoms with Crippen LogP contribution >= 0.6 is 0 Å². The van der Waals surface area contributed by atoms with Crippen LogP contribution in [0.3, 0.4) is 0 Å². The van der Waals surface area contributed by atoms with E-state index in [2.05, 4.69) is 10.6 Å². The molecule has 0 saturated carbocycles. The van der Waals surface area contributed by atoms with E-state index >= 15 is 0 Å². The number of nitrogens with one attached hydrogen (secondary N) is 2. The Balaban J connectivity index is 1.95. The highest BCUT2D eigenvalue weighted by Crippen LogP contribution is 2.11. The SMILES string of the molecule is O=C(O)NCc1ccc(NC(=O)c2ccco2)cc1. The van der Waals surface area contributed by atoms with E-state index in [0.717, 1.165) is 5.56 Å². The summed E-state index contributed by atoms with van der Waals surface area (Å²) in [5.41, 5.74) is 1.42. The van der Waals surface area contributed by atoms with Gasteiger partial charge in [0.15, 0.2) is 5.76 Å². The second kappa shape index (κ2) is 5.72. The molecule has 0 saturated heterocycles. The molecular formula is C13H12N2O4. The number of carboxylic acid groups (broad SMARTS) is 1. The topological polar surface area (TPSA) is 91.6 Å². The highest BCUT2D eigenvalue weighted by atomic mass is 16.4. The van der Waals surface area contributed by atoms with Crippen LogP contribution in [-0.4, -0.2) is 17.1 Å². The quantitative estimate of drug-likeness (QED) is 0.786. The number of benzene rings is 1. The van der Waals surface area contributed by atoms with Crippen molar-refractivity contribution in [2.75, 3.05) is 5.32 Å². The Bertz CT molecular complexity index is 561. The lowest BCUT2D eigenvalue weighted by Crippen LogP contribution is -2.19. The monoisotopic (exact) mass is 260 g/mol. The molecule has 0 radical (unpaired) electrons. The molecule has 0 fully saturated rings. The van der Waals surface area contributed by atoms with Gasteiger partial charge in [-0.25, -0.2) is 4.79 Å². The zero-order chi connectivity index (χ0) is 13.7. The second-order valence-corrected chi connectivity index (χ2v) is 3.79. The van der Waals surface area contributed by atoms with Crippen LogP contribution in [0.2, 0.25) is 0 Å². The van der Waals surface area contributed by atoms with Gasteiger partial charge in [-0.15, -0.1) is 0 Å². The summed E-state index contributed by atoms with van der Waals surface area (Å²) in [4.78, 5) is 22.0. The molecule has 19 heavy (non-hydrogen) atoms. The van der Waals surface area contributed by atoms with Gasteiger partial charge in [0.1, 0.15) is 0 Å². The highest BCUT2D eigenvalue weighted by molar-refractivity contribution is 6.02. The molecule has 0 aliphatic rings. The van der Waals surface area contributed by atoms with E-state index in [1.165, 1.54) is 6.26 Å². The van der Waals surface area contributed by atoms with Crippen LogP contribution in [0.25, 0.3) is 0 Å². The maximum absolute atomic E-state index is 11.7. The number of anilines is 1. The molecule has 6 heteroatoms. The Morgan fingerprint density at radius 3 is 2.47 bits per heavy atom. The first-order valence-electron chi connectivity index (χ1n) is 5.56. The van der Waals surface area contributed by atoms with Gasteiger partial charge in [-0.2, -0.15) is 0 Å². The zero-order valence-electron chi connectivity index (χ0n) is 9.92. The van der Waals surface area contributed by atoms with Crippen molar-refractivity contribution in [3.8, 4) is 0 Å². The average Bonchev–Trinajstić information content (AvgIpc) is 2.92. The van der Waals surface area contributed by atoms with Gasteiger partial charge < -0.3 is 20.2 Å². The first kappa shape index (κ1) is 12.7. The fourth-order valence-electron chi connectivity index (χ4n) is 1.48.